The molecule has 6 heteroatoms. The van der Waals surface area contributed by atoms with Crippen molar-refractivity contribution in [1.29, 1.82) is 0 Å². The van der Waals surface area contributed by atoms with E-state index in [1.165, 1.54) is 6.42 Å². The van der Waals surface area contributed by atoms with Crippen LogP contribution >= 0.6 is 0 Å². The standard InChI is InChI=1S/C20H21N3O2S/c1-15-5-7-18(8-6-15)26(25)23-12-9-16-13-17(14-21-19(16)23)20(24)22-10-3-2-4-11-22/h5-9,12-14H,2-4,10-11H2,1H3. The lowest BCUT2D eigenvalue weighted by Gasteiger charge is -2.26. The fraction of sp³-hybridized carbons (Fsp3) is 0.300. The highest BCUT2D eigenvalue weighted by molar-refractivity contribution is 7.83. The lowest BCUT2D eigenvalue weighted by molar-refractivity contribution is 0.0724. The molecule has 0 N–H and O–H groups in total. The molecule has 3 aromatic rings. The summed E-state index contributed by atoms with van der Waals surface area (Å²) in [5.41, 5.74) is 2.35. The molecule has 1 amide bonds. The number of hydrogen-bond donors (Lipinski definition) is 0. The van der Waals surface area contributed by atoms with Crippen molar-refractivity contribution in [3.63, 3.8) is 0 Å². The number of aromatic nitrogens is 2. The summed E-state index contributed by atoms with van der Waals surface area (Å²) in [4.78, 5) is 19.7. The first-order chi connectivity index (χ1) is 12.6. The minimum atomic E-state index is -1.36. The number of hydrogen-bond acceptors (Lipinski definition) is 3. The van der Waals surface area contributed by atoms with Crippen molar-refractivity contribution < 1.29 is 9.00 Å². The van der Waals surface area contributed by atoms with Crippen molar-refractivity contribution in [3.05, 3.63) is 59.9 Å². The highest BCUT2D eigenvalue weighted by Crippen LogP contribution is 2.21. The molecule has 0 saturated carbocycles. The van der Waals surface area contributed by atoms with Crippen LogP contribution in [0, 0.1) is 6.92 Å². The number of rotatable bonds is 3. The van der Waals surface area contributed by atoms with Crippen LogP contribution in [0.2, 0.25) is 0 Å². The van der Waals surface area contributed by atoms with Crippen LogP contribution in [0.15, 0.2) is 53.7 Å². The molecule has 1 atom stereocenters. The van der Waals surface area contributed by atoms with E-state index in [0.29, 0.717) is 11.2 Å². The average Bonchev–Trinajstić information content (AvgIpc) is 3.11. The van der Waals surface area contributed by atoms with Gasteiger partial charge in [0.05, 0.1) is 10.5 Å². The summed E-state index contributed by atoms with van der Waals surface area (Å²) in [6.07, 6.45) is 6.68. The van der Waals surface area contributed by atoms with E-state index in [1.807, 2.05) is 48.2 Å². The smallest absolute Gasteiger partial charge is 0.255 e. The average molecular weight is 367 g/mol. The second kappa shape index (κ2) is 7.03. The normalized spacial score (nSPS) is 16.0. The largest absolute Gasteiger partial charge is 0.339 e. The summed E-state index contributed by atoms with van der Waals surface area (Å²) < 4.78 is 14.5. The number of likely N-dealkylation sites (tertiary alicyclic amines) is 1. The summed E-state index contributed by atoms with van der Waals surface area (Å²) in [5.74, 6) is 0.0338. The third-order valence-corrected chi connectivity index (χ3v) is 6.11. The molecule has 1 unspecified atom stereocenters. The van der Waals surface area contributed by atoms with Gasteiger partial charge in [-0.2, -0.15) is 0 Å². The van der Waals surface area contributed by atoms with Crippen LogP contribution in [-0.4, -0.2) is 37.1 Å². The van der Waals surface area contributed by atoms with Crippen molar-refractivity contribution in [3.8, 4) is 0 Å². The van der Waals surface area contributed by atoms with Gasteiger partial charge in [0.25, 0.3) is 5.91 Å². The van der Waals surface area contributed by atoms with Crippen LogP contribution in [0.5, 0.6) is 0 Å². The minimum absolute atomic E-state index is 0.0338. The molecule has 1 saturated heterocycles. The number of amides is 1. The van der Waals surface area contributed by atoms with Gasteiger partial charge >= 0.3 is 0 Å². The lowest BCUT2D eigenvalue weighted by Crippen LogP contribution is -2.35. The van der Waals surface area contributed by atoms with Crippen LogP contribution < -0.4 is 0 Å². The second-order valence-electron chi connectivity index (χ2n) is 6.69. The second-order valence-corrected chi connectivity index (χ2v) is 8.06. The number of benzene rings is 1. The first-order valence-electron chi connectivity index (χ1n) is 8.89. The highest BCUT2D eigenvalue weighted by Gasteiger charge is 2.19. The van der Waals surface area contributed by atoms with Crippen molar-refractivity contribution in [2.45, 2.75) is 31.1 Å². The molecule has 0 bridgehead atoms. The van der Waals surface area contributed by atoms with Gasteiger partial charge in [0.15, 0.2) is 16.6 Å². The zero-order chi connectivity index (χ0) is 18.1. The van der Waals surface area contributed by atoms with Crippen molar-refractivity contribution in [1.82, 2.24) is 13.9 Å². The van der Waals surface area contributed by atoms with E-state index in [4.69, 9.17) is 0 Å². The van der Waals surface area contributed by atoms with E-state index in [1.54, 1.807) is 16.4 Å². The Morgan fingerprint density at radius 3 is 2.54 bits per heavy atom. The Bertz CT molecular complexity index is 972. The fourth-order valence-electron chi connectivity index (χ4n) is 3.30. The van der Waals surface area contributed by atoms with Gasteiger partial charge in [-0.1, -0.05) is 17.7 Å². The van der Waals surface area contributed by atoms with E-state index < -0.39 is 11.0 Å². The van der Waals surface area contributed by atoms with Gasteiger partial charge in [-0.05, 0) is 50.5 Å². The summed E-state index contributed by atoms with van der Waals surface area (Å²) in [7, 11) is -1.36. The Morgan fingerprint density at radius 1 is 1.08 bits per heavy atom. The maximum atomic E-state index is 12.9. The predicted octanol–water partition coefficient (Wildman–Crippen LogP) is 3.54. The third kappa shape index (κ3) is 3.17. The Balaban J connectivity index is 1.64. The van der Waals surface area contributed by atoms with Gasteiger partial charge in [-0.15, -0.1) is 0 Å². The highest BCUT2D eigenvalue weighted by atomic mass is 32.2. The SMILES string of the molecule is Cc1ccc(S(=O)n2ccc3cc(C(=O)N4CCCCC4)cnc32)cc1. The Morgan fingerprint density at radius 2 is 1.81 bits per heavy atom. The first-order valence-corrected chi connectivity index (χ1v) is 9.99. The lowest BCUT2D eigenvalue weighted by atomic mass is 10.1. The van der Waals surface area contributed by atoms with Gasteiger partial charge in [0.1, 0.15) is 0 Å². The number of carbonyl (C=O) groups excluding carboxylic acids is 1. The summed E-state index contributed by atoms with van der Waals surface area (Å²) in [6.45, 7) is 3.63. The number of pyridine rings is 1. The van der Waals surface area contributed by atoms with Crippen LogP contribution in [0.1, 0.15) is 35.2 Å². The van der Waals surface area contributed by atoms with Crippen molar-refractivity contribution in [2.75, 3.05) is 13.1 Å². The van der Waals surface area contributed by atoms with Crippen LogP contribution in [0.25, 0.3) is 11.0 Å². The summed E-state index contributed by atoms with van der Waals surface area (Å²) in [6, 6.07) is 11.3. The zero-order valence-corrected chi connectivity index (χ0v) is 15.5. The molecule has 4 rings (SSSR count). The number of nitrogens with zero attached hydrogens (tertiary/aromatic N) is 3. The molecule has 0 radical (unpaired) electrons. The predicted molar refractivity (Wildman–Crippen MR) is 102 cm³/mol. The zero-order valence-electron chi connectivity index (χ0n) is 14.7. The quantitative estimate of drug-likeness (QED) is 0.711. The van der Waals surface area contributed by atoms with Gasteiger partial charge in [-0.3, -0.25) is 4.79 Å². The number of piperidine rings is 1. The molecule has 1 aliphatic rings. The number of carbonyl (C=O) groups is 1. The number of fused-ring (bicyclic) bond motifs is 1. The molecule has 1 aromatic carbocycles. The van der Waals surface area contributed by atoms with E-state index in [9.17, 15) is 9.00 Å². The maximum absolute atomic E-state index is 12.9. The molecule has 3 heterocycles. The first kappa shape index (κ1) is 17.0. The van der Waals surface area contributed by atoms with Crippen molar-refractivity contribution >= 4 is 27.9 Å². The molecule has 5 nitrogen and oxygen atoms in total. The molecule has 26 heavy (non-hydrogen) atoms. The fourth-order valence-corrected chi connectivity index (χ4v) is 4.38. The molecular weight excluding hydrogens is 346 g/mol. The van der Waals surface area contributed by atoms with Gasteiger partial charge in [-0.25, -0.2) is 13.2 Å². The van der Waals surface area contributed by atoms with Gasteiger partial charge in [0, 0.05) is 30.9 Å². The Hall–Kier alpha value is -2.47. The molecule has 1 aliphatic heterocycles. The molecule has 2 aromatic heterocycles. The topological polar surface area (TPSA) is 55.2 Å². The monoisotopic (exact) mass is 367 g/mol. The van der Waals surface area contributed by atoms with E-state index in [0.717, 1.165) is 41.8 Å². The Kier molecular flexibility index (Phi) is 4.59. The van der Waals surface area contributed by atoms with E-state index >= 15 is 0 Å². The molecule has 134 valence electrons. The molecule has 0 spiro atoms. The summed E-state index contributed by atoms with van der Waals surface area (Å²) >= 11 is 0. The van der Waals surface area contributed by atoms with Crippen molar-refractivity contribution in [2.24, 2.45) is 0 Å². The minimum Gasteiger partial charge on any atom is -0.339 e. The number of aryl methyl sites for hydroxylation is 1. The maximum Gasteiger partial charge on any atom is 0.255 e. The summed E-state index contributed by atoms with van der Waals surface area (Å²) in [5, 5.41) is 0.827. The van der Waals surface area contributed by atoms with Crippen LogP contribution in [0.4, 0.5) is 0 Å². The Labute approximate surface area is 155 Å². The third-order valence-electron chi connectivity index (χ3n) is 4.78. The molecular formula is C20H21N3O2S. The molecule has 0 aliphatic carbocycles. The van der Waals surface area contributed by atoms with Crippen LogP contribution in [-0.2, 0) is 11.0 Å². The van der Waals surface area contributed by atoms with E-state index in [2.05, 4.69) is 4.98 Å². The van der Waals surface area contributed by atoms with E-state index in [-0.39, 0.29) is 5.91 Å². The van der Waals surface area contributed by atoms with Gasteiger partial charge < -0.3 is 4.90 Å². The van der Waals surface area contributed by atoms with Crippen LogP contribution in [0.3, 0.4) is 0 Å². The molecule has 1 fully saturated rings. The van der Waals surface area contributed by atoms with Gasteiger partial charge in [0.2, 0.25) is 0 Å².